The van der Waals surface area contributed by atoms with E-state index in [4.69, 9.17) is 23.2 Å². The van der Waals surface area contributed by atoms with Crippen LogP contribution in [0.5, 0.6) is 5.88 Å². The van der Waals surface area contributed by atoms with Crippen LogP contribution in [-0.2, 0) is 31.7 Å². The molecule has 1 fully saturated rings. The highest BCUT2D eigenvalue weighted by Gasteiger charge is 2.71. The molecule has 3 aliphatic carbocycles. The molecule has 2 aromatic carbocycles. The number of hydrogen-bond donors (Lipinski definition) is 1. The first-order valence-electron chi connectivity index (χ1n) is 17.8. The van der Waals surface area contributed by atoms with E-state index in [9.17, 15) is 5.11 Å². The number of carbonyl (C=O) groups excluding carboxylic acids is 2. The topological polar surface area (TPSA) is 124 Å². The number of fused-ring (bicyclic) bond motifs is 4. The Morgan fingerprint density at radius 2 is 1.71 bits per heavy atom. The van der Waals surface area contributed by atoms with Gasteiger partial charge < -0.3 is 33.2 Å². The van der Waals surface area contributed by atoms with Gasteiger partial charge in [0.05, 0.1) is 12.6 Å². The Morgan fingerprint density at radius 1 is 1.02 bits per heavy atom. The Kier molecular flexibility index (Phi) is 9.88. The molecule has 0 aliphatic heterocycles. The number of hydrogen-bond acceptors (Lipinski definition) is 11. The third-order valence-electron chi connectivity index (χ3n) is 11.7. The van der Waals surface area contributed by atoms with Crippen LogP contribution in [0.3, 0.4) is 0 Å². The first kappa shape index (κ1) is 37.9. The standard InChI is InChI=1S/C40H53N3O8Si/c1-24-17-18-28(42(5)6)26-19-39(22-48-23-47-9)20-27-32(43(7)8)34-30(37(41-50-34)49-21-25-15-13-12-14-16-25)35(45)40(27,51-52(10,11)38(2,3)4)36(46)31(39)33(44)29(24)26/h12-18,27,32,44H,19-23H2,1-11H3/t27-,32-,39-,40+/m0/s1. The summed E-state index contributed by atoms with van der Waals surface area (Å²) in [4.78, 5) is 35.5. The summed E-state index contributed by atoms with van der Waals surface area (Å²) < 4.78 is 31.0. The van der Waals surface area contributed by atoms with Crippen molar-refractivity contribution in [3.63, 3.8) is 0 Å². The molecule has 0 amide bonds. The Labute approximate surface area is 308 Å². The SMILES string of the molecule is COCOC[C@@]12Cc3c(N(C)C)ccc(C)c3C(O)=C1C(=O)[C@]1(O[Si](C)(C)C(C)(C)C)C(=O)c3c(OCc4ccccc4)noc3[C@@H](N(C)C)[C@@H]1C2. The van der Waals surface area contributed by atoms with Crippen molar-refractivity contribution in [2.75, 3.05) is 53.6 Å². The summed E-state index contributed by atoms with van der Waals surface area (Å²) in [5.74, 6) is -1.65. The van der Waals surface area contributed by atoms with Crippen LogP contribution in [-0.4, -0.2) is 89.3 Å². The normalized spacial score (nSPS) is 24.4. The molecule has 1 saturated carbocycles. The largest absolute Gasteiger partial charge is 0.507 e. The van der Waals surface area contributed by atoms with Crippen LogP contribution in [0.4, 0.5) is 5.69 Å². The number of anilines is 1. The Bertz CT molecular complexity index is 1900. The lowest BCUT2D eigenvalue weighted by Gasteiger charge is -2.58. The second-order valence-electron chi connectivity index (χ2n) is 16.6. The number of ether oxygens (including phenoxy) is 3. The van der Waals surface area contributed by atoms with Gasteiger partial charge >= 0.3 is 0 Å². The van der Waals surface area contributed by atoms with Crippen molar-refractivity contribution in [3.05, 3.63) is 81.6 Å². The predicted octanol–water partition coefficient (Wildman–Crippen LogP) is 6.91. The number of carbonyl (C=O) groups is 2. The van der Waals surface area contributed by atoms with Gasteiger partial charge in [0.15, 0.2) is 19.7 Å². The molecule has 0 radical (unpaired) electrons. The van der Waals surface area contributed by atoms with E-state index in [2.05, 4.69) is 25.9 Å². The Hall–Kier alpha value is -3.81. The zero-order valence-corrected chi connectivity index (χ0v) is 33.4. The highest BCUT2D eigenvalue weighted by atomic mass is 28.4. The fourth-order valence-corrected chi connectivity index (χ4v) is 9.69. The van der Waals surface area contributed by atoms with Crippen molar-refractivity contribution in [3.8, 4) is 5.88 Å². The molecule has 1 N–H and O–H groups in total. The molecule has 0 bridgehead atoms. The number of aryl methyl sites for hydroxylation is 1. The van der Waals surface area contributed by atoms with Crippen molar-refractivity contribution in [1.29, 1.82) is 0 Å². The lowest BCUT2D eigenvalue weighted by Crippen LogP contribution is -2.70. The number of Topliss-reactive ketones (excluding diaryl/α,β-unsaturated/α-hetero) is 2. The first-order valence-corrected chi connectivity index (χ1v) is 20.8. The summed E-state index contributed by atoms with van der Waals surface area (Å²) in [5.41, 5.74) is 1.36. The minimum Gasteiger partial charge on any atom is -0.507 e. The first-order chi connectivity index (χ1) is 24.4. The fourth-order valence-electron chi connectivity index (χ4n) is 8.24. The minimum absolute atomic E-state index is 0.00806. The molecule has 0 spiro atoms. The van der Waals surface area contributed by atoms with Gasteiger partial charge in [-0.05, 0) is 79.9 Å². The van der Waals surface area contributed by atoms with Gasteiger partial charge in [-0.15, -0.1) is 0 Å². The van der Waals surface area contributed by atoms with Crippen LogP contribution in [0.1, 0.15) is 71.6 Å². The third-order valence-corrected chi connectivity index (χ3v) is 16.1. The molecular formula is C40H53N3O8Si. The molecule has 1 aromatic heterocycles. The van der Waals surface area contributed by atoms with Gasteiger partial charge in [0.2, 0.25) is 11.6 Å². The van der Waals surface area contributed by atoms with Crippen molar-refractivity contribution >= 4 is 31.3 Å². The van der Waals surface area contributed by atoms with Crippen LogP contribution < -0.4 is 9.64 Å². The Balaban J connectivity index is 1.64. The number of rotatable bonds is 11. The number of methoxy groups -OCH3 is 1. The number of nitrogens with zero attached hydrogens (tertiary/aromatic N) is 3. The van der Waals surface area contributed by atoms with E-state index in [1.807, 2.05) is 100 Å². The number of aliphatic hydroxyl groups is 1. The molecule has 52 heavy (non-hydrogen) atoms. The van der Waals surface area contributed by atoms with Gasteiger partial charge in [-0.3, -0.25) is 14.5 Å². The van der Waals surface area contributed by atoms with E-state index < -0.39 is 42.9 Å². The van der Waals surface area contributed by atoms with Crippen LogP contribution >= 0.6 is 0 Å². The monoisotopic (exact) mass is 731 g/mol. The second kappa shape index (κ2) is 13.6. The van der Waals surface area contributed by atoms with Crippen molar-refractivity contribution in [1.82, 2.24) is 10.1 Å². The summed E-state index contributed by atoms with van der Waals surface area (Å²) >= 11 is 0. The number of benzene rings is 2. The molecule has 4 atom stereocenters. The number of aliphatic hydroxyl groups excluding tert-OH is 1. The van der Waals surface area contributed by atoms with Crippen LogP contribution in [0.25, 0.3) is 5.76 Å². The van der Waals surface area contributed by atoms with Crippen LogP contribution in [0, 0.1) is 18.3 Å². The van der Waals surface area contributed by atoms with Gasteiger partial charge in [0, 0.05) is 49.4 Å². The summed E-state index contributed by atoms with van der Waals surface area (Å²) in [6.07, 6.45) is 0.660. The average Bonchev–Trinajstić information content (AvgIpc) is 3.48. The summed E-state index contributed by atoms with van der Waals surface area (Å²) in [6, 6.07) is 13.0. The van der Waals surface area contributed by atoms with Crippen LogP contribution in [0.2, 0.25) is 18.1 Å². The maximum atomic E-state index is 16.0. The zero-order chi connectivity index (χ0) is 38.0. The summed E-state index contributed by atoms with van der Waals surface area (Å²) in [7, 11) is 6.37. The van der Waals surface area contributed by atoms with E-state index in [-0.39, 0.29) is 54.2 Å². The molecule has 0 saturated heterocycles. The molecule has 12 heteroatoms. The molecule has 1 heterocycles. The van der Waals surface area contributed by atoms with Gasteiger partial charge in [0.25, 0.3) is 5.88 Å². The predicted molar refractivity (Wildman–Crippen MR) is 201 cm³/mol. The van der Waals surface area contributed by atoms with Gasteiger partial charge in [-0.2, -0.15) is 0 Å². The maximum Gasteiger partial charge on any atom is 0.265 e. The molecule has 0 unspecified atom stereocenters. The lowest BCUT2D eigenvalue weighted by molar-refractivity contribution is -0.148. The zero-order valence-electron chi connectivity index (χ0n) is 32.4. The summed E-state index contributed by atoms with van der Waals surface area (Å²) in [6.45, 7) is 12.5. The summed E-state index contributed by atoms with van der Waals surface area (Å²) in [5, 5.41) is 16.4. The van der Waals surface area contributed by atoms with E-state index in [0.717, 1.165) is 22.4 Å². The molecular weight excluding hydrogens is 679 g/mol. The highest BCUT2D eigenvalue weighted by Crippen LogP contribution is 2.63. The maximum absolute atomic E-state index is 16.0. The van der Waals surface area contributed by atoms with E-state index in [1.165, 1.54) is 0 Å². The third kappa shape index (κ3) is 5.92. The fraction of sp³-hybridized carbons (Fsp3) is 0.525. The Morgan fingerprint density at radius 3 is 2.33 bits per heavy atom. The molecule has 11 nitrogen and oxygen atoms in total. The van der Waals surface area contributed by atoms with Crippen molar-refractivity contribution in [2.24, 2.45) is 11.3 Å². The minimum atomic E-state index is -2.90. The van der Waals surface area contributed by atoms with E-state index in [1.54, 1.807) is 7.11 Å². The van der Waals surface area contributed by atoms with Crippen molar-refractivity contribution in [2.45, 2.75) is 76.9 Å². The quantitative estimate of drug-likeness (QED) is 0.0958. The van der Waals surface area contributed by atoms with E-state index in [0.29, 0.717) is 17.7 Å². The molecule has 6 rings (SSSR count). The van der Waals surface area contributed by atoms with Crippen molar-refractivity contribution < 1.29 is 37.9 Å². The van der Waals surface area contributed by atoms with Crippen LogP contribution in [0.15, 0.2) is 52.6 Å². The molecule has 3 aliphatic rings. The second-order valence-corrected chi connectivity index (χ2v) is 21.3. The smallest absolute Gasteiger partial charge is 0.265 e. The van der Waals surface area contributed by atoms with Gasteiger partial charge in [0.1, 0.15) is 24.7 Å². The highest BCUT2D eigenvalue weighted by molar-refractivity contribution is 6.74. The molecule has 280 valence electrons. The molecule has 3 aromatic rings. The van der Waals surface area contributed by atoms with E-state index >= 15 is 9.59 Å². The van der Waals surface area contributed by atoms with Gasteiger partial charge in [-0.1, -0.05) is 57.2 Å². The average molecular weight is 732 g/mol. The number of aromatic nitrogens is 1. The lowest BCUT2D eigenvalue weighted by atomic mass is 9.51. The van der Waals surface area contributed by atoms with Gasteiger partial charge in [-0.25, -0.2) is 0 Å². The number of ketones is 2.